The van der Waals surface area contributed by atoms with Crippen LogP contribution in [0.25, 0.3) is 0 Å². The van der Waals surface area contributed by atoms with Crippen molar-refractivity contribution in [3.63, 3.8) is 0 Å². The molecule has 2 nitrogen and oxygen atoms in total. The van der Waals surface area contributed by atoms with Crippen molar-refractivity contribution in [1.82, 2.24) is 0 Å². The van der Waals surface area contributed by atoms with Crippen LogP contribution >= 0.6 is 0 Å². The molecule has 1 unspecified atom stereocenters. The third kappa shape index (κ3) is 1.71. The molecule has 0 spiro atoms. The highest BCUT2D eigenvalue weighted by Gasteiger charge is 2.46. The quantitative estimate of drug-likeness (QED) is 0.770. The van der Waals surface area contributed by atoms with Gasteiger partial charge in [0, 0.05) is 16.8 Å². The van der Waals surface area contributed by atoms with Gasteiger partial charge in [0.2, 0.25) is 0 Å². The molecule has 1 aliphatic rings. The summed E-state index contributed by atoms with van der Waals surface area (Å²) in [6.45, 7) is 6.87. The van der Waals surface area contributed by atoms with Gasteiger partial charge >= 0.3 is 0 Å². The summed E-state index contributed by atoms with van der Waals surface area (Å²) < 4.78 is 0. The van der Waals surface area contributed by atoms with Gasteiger partial charge in [-0.05, 0) is 46.7 Å². The number of nitrogen functional groups attached to an aromatic ring is 2. The van der Waals surface area contributed by atoms with Crippen molar-refractivity contribution in [3.05, 3.63) is 59.2 Å². The molecule has 0 amide bonds. The maximum Gasteiger partial charge on any atom is 0.0355 e. The zero-order valence-corrected chi connectivity index (χ0v) is 12.4. The Balaban J connectivity index is 2.26. The average molecular weight is 266 g/mol. The minimum absolute atomic E-state index is 0.0438. The fourth-order valence-corrected chi connectivity index (χ4v) is 3.92. The Morgan fingerprint density at radius 3 is 2.25 bits per heavy atom. The van der Waals surface area contributed by atoms with Gasteiger partial charge in [0.25, 0.3) is 0 Å². The van der Waals surface area contributed by atoms with E-state index in [4.69, 9.17) is 11.5 Å². The van der Waals surface area contributed by atoms with Crippen LogP contribution in [0, 0.1) is 0 Å². The van der Waals surface area contributed by atoms with Gasteiger partial charge in [-0.25, -0.2) is 0 Å². The fourth-order valence-electron chi connectivity index (χ4n) is 3.92. The largest absolute Gasteiger partial charge is 0.399 e. The summed E-state index contributed by atoms with van der Waals surface area (Å²) in [5.41, 5.74) is 17.9. The summed E-state index contributed by atoms with van der Waals surface area (Å²) >= 11 is 0. The average Bonchev–Trinajstić information content (AvgIpc) is 2.57. The first-order chi connectivity index (χ1) is 9.34. The molecule has 0 saturated carbocycles. The Bertz CT molecular complexity index is 673. The van der Waals surface area contributed by atoms with E-state index in [0.29, 0.717) is 0 Å². The minimum atomic E-state index is -0.0438. The Hall–Kier alpha value is -1.96. The van der Waals surface area contributed by atoms with Crippen LogP contribution in [0.4, 0.5) is 11.4 Å². The van der Waals surface area contributed by atoms with E-state index in [1.807, 2.05) is 18.2 Å². The van der Waals surface area contributed by atoms with E-state index in [0.717, 1.165) is 17.8 Å². The number of fused-ring (bicyclic) bond motifs is 1. The fraction of sp³-hybridized carbons (Fsp3) is 0.333. The molecule has 20 heavy (non-hydrogen) atoms. The first-order valence-corrected chi connectivity index (χ1v) is 7.10. The van der Waals surface area contributed by atoms with Gasteiger partial charge in [-0.15, -0.1) is 0 Å². The zero-order valence-electron chi connectivity index (χ0n) is 12.4. The van der Waals surface area contributed by atoms with Gasteiger partial charge in [0.05, 0.1) is 0 Å². The standard InChI is InChI=1S/C18H22N2/c1-17(2)11-18(3,14-6-4-5-7-16(14)20)13-9-8-12(19)10-15(13)17/h4-10H,11,19-20H2,1-3H3. The molecule has 0 fully saturated rings. The number of nitrogens with two attached hydrogens (primary N) is 2. The Morgan fingerprint density at radius 1 is 0.850 bits per heavy atom. The third-order valence-electron chi connectivity index (χ3n) is 4.72. The van der Waals surface area contributed by atoms with Gasteiger partial charge in [0.15, 0.2) is 0 Å². The van der Waals surface area contributed by atoms with Crippen LogP contribution in [-0.2, 0) is 10.8 Å². The molecule has 2 aromatic rings. The highest BCUT2D eigenvalue weighted by Crippen LogP contribution is 2.54. The van der Waals surface area contributed by atoms with E-state index in [1.165, 1.54) is 16.7 Å². The summed E-state index contributed by atoms with van der Waals surface area (Å²) in [5.74, 6) is 0. The smallest absolute Gasteiger partial charge is 0.0355 e. The second-order valence-electron chi connectivity index (χ2n) is 6.79. The highest BCUT2D eigenvalue weighted by atomic mass is 14.6. The van der Waals surface area contributed by atoms with Crippen LogP contribution in [0.5, 0.6) is 0 Å². The second-order valence-corrected chi connectivity index (χ2v) is 6.79. The van der Waals surface area contributed by atoms with Crippen molar-refractivity contribution < 1.29 is 0 Å². The molecule has 3 rings (SSSR count). The summed E-state index contributed by atoms with van der Waals surface area (Å²) in [6, 6.07) is 14.5. The van der Waals surface area contributed by atoms with E-state index >= 15 is 0 Å². The zero-order chi connectivity index (χ0) is 14.5. The number of anilines is 2. The van der Waals surface area contributed by atoms with E-state index in [2.05, 4.69) is 45.0 Å². The van der Waals surface area contributed by atoms with Gasteiger partial charge in [-0.3, -0.25) is 0 Å². The van der Waals surface area contributed by atoms with Crippen molar-refractivity contribution >= 4 is 11.4 Å². The normalized spacial score (nSPS) is 23.6. The van der Waals surface area contributed by atoms with Crippen molar-refractivity contribution in [2.75, 3.05) is 11.5 Å². The molecule has 0 aliphatic heterocycles. The second kappa shape index (κ2) is 4.02. The molecule has 0 radical (unpaired) electrons. The lowest BCUT2D eigenvalue weighted by atomic mass is 9.74. The lowest BCUT2D eigenvalue weighted by Gasteiger charge is -2.29. The molecule has 0 saturated heterocycles. The molecule has 0 bridgehead atoms. The van der Waals surface area contributed by atoms with Crippen molar-refractivity contribution in [2.24, 2.45) is 0 Å². The predicted molar refractivity (Wildman–Crippen MR) is 85.8 cm³/mol. The molecule has 0 aromatic heterocycles. The van der Waals surface area contributed by atoms with E-state index in [-0.39, 0.29) is 10.8 Å². The van der Waals surface area contributed by atoms with E-state index in [9.17, 15) is 0 Å². The predicted octanol–water partition coefficient (Wildman–Crippen LogP) is 3.84. The van der Waals surface area contributed by atoms with Gasteiger partial charge < -0.3 is 11.5 Å². The number of hydrogen-bond donors (Lipinski definition) is 2. The maximum absolute atomic E-state index is 6.24. The Kier molecular flexibility index (Phi) is 2.62. The summed E-state index contributed by atoms with van der Waals surface area (Å²) in [5, 5.41) is 0. The third-order valence-corrected chi connectivity index (χ3v) is 4.72. The maximum atomic E-state index is 6.24. The van der Waals surface area contributed by atoms with Crippen LogP contribution in [0.2, 0.25) is 0 Å². The number of hydrogen-bond acceptors (Lipinski definition) is 2. The lowest BCUT2D eigenvalue weighted by Crippen LogP contribution is -2.24. The van der Waals surface area contributed by atoms with Crippen LogP contribution < -0.4 is 11.5 Å². The molecule has 2 aromatic carbocycles. The number of rotatable bonds is 1. The summed E-state index contributed by atoms with van der Waals surface area (Å²) in [6.07, 6.45) is 1.05. The number of para-hydroxylation sites is 1. The Labute approximate surface area is 120 Å². The van der Waals surface area contributed by atoms with E-state index < -0.39 is 0 Å². The number of benzene rings is 2. The van der Waals surface area contributed by atoms with Gasteiger partial charge in [0.1, 0.15) is 0 Å². The molecule has 2 heteroatoms. The van der Waals surface area contributed by atoms with Gasteiger partial charge in [-0.1, -0.05) is 45.0 Å². The lowest BCUT2D eigenvalue weighted by molar-refractivity contribution is 0.426. The summed E-state index contributed by atoms with van der Waals surface area (Å²) in [4.78, 5) is 0. The van der Waals surface area contributed by atoms with Crippen molar-refractivity contribution in [3.8, 4) is 0 Å². The van der Waals surface area contributed by atoms with E-state index in [1.54, 1.807) is 0 Å². The van der Waals surface area contributed by atoms with Crippen molar-refractivity contribution in [1.29, 1.82) is 0 Å². The Morgan fingerprint density at radius 2 is 1.55 bits per heavy atom. The monoisotopic (exact) mass is 266 g/mol. The summed E-state index contributed by atoms with van der Waals surface area (Å²) in [7, 11) is 0. The molecular formula is C18H22N2. The van der Waals surface area contributed by atoms with Crippen LogP contribution in [0.3, 0.4) is 0 Å². The molecule has 1 aliphatic carbocycles. The first-order valence-electron chi connectivity index (χ1n) is 7.10. The molecule has 0 heterocycles. The molecule has 1 atom stereocenters. The van der Waals surface area contributed by atoms with Crippen LogP contribution in [-0.4, -0.2) is 0 Å². The van der Waals surface area contributed by atoms with Crippen molar-refractivity contribution in [2.45, 2.75) is 38.0 Å². The molecule has 104 valence electrons. The minimum Gasteiger partial charge on any atom is -0.399 e. The van der Waals surface area contributed by atoms with Gasteiger partial charge in [-0.2, -0.15) is 0 Å². The SMILES string of the molecule is CC1(C)CC(C)(c2ccccc2N)c2ccc(N)cc21. The first kappa shape index (κ1) is 13.0. The molecular weight excluding hydrogens is 244 g/mol. The highest BCUT2D eigenvalue weighted by molar-refractivity contribution is 5.62. The topological polar surface area (TPSA) is 52.0 Å². The van der Waals surface area contributed by atoms with Crippen LogP contribution in [0.1, 0.15) is 43.9 Å². The molecule has 4 N–H and O–H groups in total. The van der Waals surface area contributed by atoms with Crippen LogP contribution in [0.15, 0.2) is 42.5 Å².